The van der Waals surface area contributed by atoms with Crippen LogP contribution < -0.4 is 5.32 Å². The smallest absolute Gasteiger partial charge is 0.287 e. The highest BCUT2D eigenvalue weighted by Gasteiger charge is 2.26. The Morgan fingerprint density at radius 2 is 1.96 bits per heavy atom. The van der Waals surface area contributed by atoms with Crippen molar-refractivity contribution < 1.29 is 18.4 Å². The average molecular weight is 391 g/mol. The maximum atomic E-state index is 12.7. The second-order valence-electron chi connectivity index (χ2n) is 6.44. The number of carbonyl (C=O) groups excluding carboxylic acids is 1. The molecule has 2 aromatic heterocycles. The fourth-order valence-electron chi connectivity index (χ4n) is 3.44. The number of para-hydroxylation sites is 1. The summed E-state index contributed by atoms with van der Waals surface area (Å²) in [5.74, 6) is 1.00. The standard InChI is InChI=1S/C20H22N2O4.ClH/c1-14-15-5-2-3-6-17(15)26-19(14)20(23)21-13-16(18-7-4-10-25-18)22-8-11-24-12-9-22;/h2-7,10,16H,8-9,11-13H2,1H3,(H,21,23);1H. The van der Waals surface area contributed by atoms with Gasteiger partial charge in [-0.2, -0.15) is 0 Å². The van der Waals surface area contributed by atoms with Crippen LogP contribution in [0.4, 0.5) is 0 Å². The number of carbonyl (C=O) groups is 1. The molecule has 27 heavy (non-hydrogen) atoms. The number of furan rings is 2. The van der Waals surface area contributed by atoms with Crippen molar-refractivity contribution in [3.05, 3.63) is 59.7 Å². The first-order chi connectivity index (χ1) is 12.7. The van der Waals surface area contributed by atoms with E-state index in [1.807, 2.05) is 43.3 Å². The zero-order chi connectivity index (χ0) is 17.9. The fraction of sp³-hybridized carbons (Fsp3) is 0.350. The van der Waals surface area contributed by atoms with Gasteiger partial charge in [0.2, 0.25) is 0 Å². The zero-order valence-electron chi connectivity index (χ0n) is 15.1. The van der Waals surface area contributed by atoms with Crippen LogP contribution in [0.3, 0.4) is 0 Å². The molecule has 1 saturated heterocycles. The maximum absolute atomic E-state index is 12.7. The van der Waals surface area contributed by atoms with E-state index in [9.17, 15) is 4.79 Å². The summed E-state index contributed by atoms with van der Waals surface area (Å²) in [6, 6.07) is 11.5. The van der Waals surface area contributed by atoms with E-state index >= 15 is 0 Å². The Kier molecular flexibility index (Phi) is 6.21. The molecule has 1 amide bonds. The predicted molar refractivity (Wildman–Crippen MR) is 104 cm³/mol. The summed E-state index contributed by atoms with van der Waals surface area (Å²) in [4.78, 5) is 15.0. The van der Waals surface area contributed by atoms with Gasteiger partial charge in [0, 0.05) is 30.6 Å². The van der Waals surface area contributed by atoms with Crippen LogP contribution in [0.15, 0.2) is 51.5 Å². The maximum Gasteiger partial charge on any atom is 0.287 e. The minimum atomic E-state index is -0.205. The Balaban J connectivity index is 0.00000210. The lowest BCUT2D eigenvalue weighted by atomic mass is 10.1. The van der Waals surface area contributed by atoms with Crippen molar-refractivity contribution in [1.29, 1.82) is 0 Å². The lowest BCUT2D eigenvalue weighted by Gasteiger charge is -2.33. The van der Waals surface area contributed by atoms with Crippen molar-refractivity contribution in [2.75, 3.05) is 32.8 Å². The van der Waals surface area contributed by atoms with Gasteiger partial charge < -0.3 is 18.9 Å². The van der Waals surface area contributed by atoms with Gasteiger partial charge >= 0.3 is 0 Å². The van der Waals surface area contributed by atoms with Gasteiger partial charge in [-0.3, -0.25) is 9.69 Å². The summed E-state index contributed by atoms with van der Waals surface area (Å²) in [6.07, 6.45) is 1.66. The molecule has 1 fully saturated rings. The second-order valence-corrected chi connectivity index (χ2v) is 6.44. The normalized spacial score (nSPS) is 16.0. The third-order valence-electron chi connectivity index (χ3n) is 4.86. The quantitative estimate of drug-likeness (QED) is 0.721. The van der Waals surface area contributed by atoms with E-state index in [0.29, 0.717) is 25.5 Å². The molecule has 3 aromatic rings. The van der Waals surface area contributed by atoms with Crippen molar-refractivity contribution in [3.8, 4) is 0 Å². The van der Waals surface area contributed by atoms with Crippen LogP contribution >= 0.6 is 12.4 Å². The van der Waals surface area contributed by atoms with Crippen molar-refractivity contribution in [3.63, 3.8) is 0 Å². The molecule has 6 nitrogen and oxygen atoms in total. The van der Waals surface area contributed by atoms with Gasteiger partial charge in [-0.1, -0.05) is 18.2 Å². The fourth-order valence-corrected chi connectivity index (χ4v) is 3.44. The molecule has 4 rings (SSSR count). The number of rotatable bonds is 5. The number of benzene rings is 1. The zero-order valence-corrected chi connectivity index (χ0v) is 16.0. The minimum absolute atomic E-state index is 0. The molecule has 0 spiro atoms. The monoisotopic (exact) mass is 390 g/mol. The molecule has 0 radical (unpaired) electrons. The Morgan fingerprint density at radius 3 is 2.67 bits per heavy atom. The van der Waals surface area contributed by atoms with Gasteiger partial charge in [-0.15, -0.1) is 12.4 Å². The van der Waals surface area contributed by atoms with E-state index in [4.69, 9.17) is 13.6 Å². The lowest BCUT2D eigenvalue weighted by molar-refractivity contribution is 0.0117. The second kappa shape index (κ2) is 8.61. The number of morpholine rings is 1. The SMILES string of the molecule is Cc1c(C(=O)NCC(c2ccco2)N2CCOCC2)oc2ccccc12.Cl. The van der Waals surface area contributed by atoms with Gasteiger partial charge in [-0.05, 0) is 25.1 Å². The molecule has 1 aliphatic rings. The summed E-state index contributed by atoms with van der Waals surface area (Å²) < 4.78 is 16.8. The van der Waals surface area contributed by atoms with Crippen molar-refractivity contribution in [2.45, 2.75) is 13.0 Å². The third kappa shape index (κ3) is 4.03. The molecule has 144 valence electrons. The molecular weight excluding hydrogens is 368 g/mol. The number of hydrogen-bond donors (Lipinski definition) is 1. The van der Waals surface area contributed by atoms with Crippen LogP contribution in [-0.2, 0) is 4.74 Å². The molecule has 1 atom stereocenters. The number of aryl methyl sites for hydroxylation is 1. The van der Waals surface area contributed by atoms with Crippen LogP contribution in [0.1, 0.15) is 27.9 Å². The van der Waals surface area contributed by atoms with E-state index in [2.05, 4.69) is 10.2 Å². The molecule has 0 saturated carbocycles. The molecule has 7 heteroatoms. The highest BCUT2D eigenvalue weighted by atomic mass is 35.5. The largest absolute Gasteiger partial charge is 0.468 e. The number of hydrogen-bond acceptors (Lipinski definition) is 5. The lowest BCUT2D eigenvalue weighted by Crippen LogP contribution is -2.43. The van der Waals surface area contributed by atoms with Crippen molar-refractivity contribution in [2.24, 2.45) is 0 Å². The highest BCUT2D eigenvalue weighted by molar-refractivity contribution is 5.98. The van der Waals surface area contributed by atoms with Gasteiger partial charge in [0.05, 0.1) is 25.5 Å². The summed E-state index contributed by atoms with van der Waals surface area (Å²) in [6.45, 7) is 5.35. The van der Waals surface area contributed by atoms with Crippen LogP contribution in [0, 0.1) is 6.92 Å². The summed E-state index contributed by atoms with van der Waals surface area (Å²) in [5.41, 5.74) is 1.59. The predicted octanol–water partition coefficient (Wildman–Crippen LogP) is 3.56. The first-order valence-corrected chi connectivity index (χ1v) is 8.85. The summed E-state index contributed by atoms with van der Waals surface area (Å²) in [5, 5.41) is 3.98. The van der Waals surface area contributed by atoms with E-state index < -0.39 is 0 Å². The molecule has 1 aromatic carbocycles. The summed E-state index contributed by atoms with van der Waals surface area (Å²) in [7, 11) is 0. The molecular formula is C20H23ClN2O4. The Morgan fingerprint density at radius 1 is 1.19 bits per heavy atom. The van der Waals surface area contributed by atoms with E-state index in [0.717, 1.165) is 35.4 Å². The Bertz CT molecular complexity index is 885. The molecule has 0 bridgehead atoms. The van der Waals surface area contributed by atoms with Gasteiger partial charge in [-0.25, -0.2) is 0 Å². The van der Waals surface area contributed by atoms with Gasteiger partial charge in [0.25, 0.3) is 5.91 Å². The van der Waals surface area contributed by atoms with Crippen molar-refractivity contribution in [1.82, 2.24) is 10.2 Å². The molecule has 1 N–H and O–H groups in total. The van der Waals surface area contributed by atoms with Gasteiger partial charge in [0.1, 0.15) is 11.3 Å². The number of ether oxygens (including phenoxy) is 1. The van der Waals surface area contributed by atoms with E-state index in [1.54, 1.807) is 6.26 Å². The molecule has 3 heterocycles. The van der Waals surface area contributed by atoms with E-state index in [-0.39, 0.29) is 24.4 Å². The molecule has 1 aliphatic heterocycles. The minimum Gasteiger partial charge on any atom is -0.468 e. The number of amides is 1. The first kappa shape index (κ1) is 19.5. The summed E-state index contributed by atoms with van der Waals surface area (Å²) >= 11 is 0. The first-order valence-electron chi connectivity index (χ1n) is 8.85. The number of nitrogens with zero attached hydrogens (tertiary/aromatic N) is 1. The Labute approximate surface area is 163 Å². The van der Waals surface area contributed by atoms with Crippen molar-refractivity contribution >= 4 is 29.3 Å². The highest BCUT2D eigenvalue weighted by Crippen LogP contribution is 2.26. The third-order valence-corrected chi connectivity index (χ3v) is 4.86. The number of nitrogens with one attached hydrogen (secondary N) is 1. The van der Waals surface area contributed by atoms with Crippen LogP contribution in [0.2, 0.25) is 0 Å². The molecule has 1 unspecified atom stereocenters. The van der Waals surface area contributed by atoms with Crippen LogP contribution in [-0.4, -0.2) is 43.7 Å². The number of fused-ring (bicyclic) bond motifs is 1. The van der Waals surface area contributed by atoms with Gasteiger partial charge in [0.15, 0.2) is 5.76 Å². The Hall–Kier alpha value is -2.28. The number of halogens is 1. The average Bonchev–Trinajstić information content (AvgIpc) is 3.32. The van der Waals surface area contributed by atoms with E-state index in [1.165, 1.54) is 0 Å². The van der Waals surface area contributed by atoms with Crippen LogP contribution in [0.5, 0.6) is 0 Å². The molecule has 0 aliphatic carbocycles. The van der Waals surface area contributed by atoms with Crippen LogP contribution in [0.25, 0.3) is 11.0 Å². The topological polar surface area (TPSA) is 67.9 Å².